The van der Waals surface area contributed by atoms with Crippen molar-refractivity contribution in [3.8, 4) is 0 Å². The molecule has 168 valence electrons. The maximum atomic E-state index is 12.2. The van der Waals surface area contributed by atoms with Crippen LogP contribution in [0, 0.1) is 0 Å². The molecule has 0 heterocycles. The molecule has 0 aliphatic heterocycles. The van der Waals surface area contributed by atoms with E-state index >= 15 is 0 Å². The van der Waals surface area contributed by atoms with Crippen LogP contribution in [0.3, 0.4) is 0 Å². The number of rotatable bonds is 14. The smallest absolute Gasteiger partial charge is 0.256 e. The van der Waals surface area contributed by atoms with Gasteiger partial charge in [-0.2, -0.15) is 0 Å². The lowest BCUT2D eigenvalue weighted by molar-refractivity contribution is -0.123. The third-order valence-corrected chi connectivity index (χ3v) is 4.75. The van der Waals surface area contributed by atoms with Gasteiger partial charge in [0.25, 0.3) is 11.8 Å². The molecule has 0 aromatic carbocycles. The number of carbonyl (C=O) groups is 2. The van der Waals surface area contributed by atoms with Crippen LogP contribution in [-0.4, -0.2) is 80.3 Å². The standard InChI is InChI=1S/C16H29N3O8S2/c1-3-9-19(10-4-2)11-5-6-14(15(20)17-7-12-28(22,23)24)16(21)18-8-13-29(25,26)27/h5-6,11H,3-4,7-10,12-13H2,1-2H3,(H,17,20)(H,18,21)(H,22,23,24)(H,25,26,27)/p-2/b11-5+. The van der Waals surface area contributed by atoms with Gasteiger partial charge in [-0.05, 0) is 31.2 Å². The molecule has 0 aliphatic carbocycles. The predicted molar refractivity (Wildman–Crippen MR) is 105 cm³/mol. The van der Waals surface area contributed by atoms with Crippen molar-refractivity contribution < 1.29 is 35.5 Å². The van der Waals surface area contributed by atoms with Crippen molar-refractivity contribution in [1.82, 2.24) is 15.5 Å². The maximum Gasteiger partial charge on any atom is 0.256 e. The molecule has 0 aliphatic rings. The molecule has 13 heteroatoms. The highest BCUT2D eigenvalue weighted by molar-refractivity contribution is 7.85. The molecule has 0 aromatic rings. The van der Waals surface area contributed by atoms with Crippen LogP contribution in [0.1, 0.15) is 26.7 Å². The molecule has 2 N–H and O–H groups in total. The van der Waals surface area contributed by atoms with Crippen molar-refractivity contribution in [3.05, 3.63) is 23.9 Å². The van der Waals surface area contributed by atoms with Gasteiger partial charge >= 0.3 is 0 Å². The highest BCUT2D eigenvalue weighted by Crippen LogP contribution is 2.00. The highest BCUT2D eigenvalue weighted by Gasteiger charge is 2.17. The second-order valence-corrected chi connectivity index (χ2v) is 9.04. The summed E-state index contributed by atoms with van der Waals surface area (Å²) in [6.07, 6.45) is 6.08. The van der Waals surface area contributed by atoms with Gasteiger partial charge in [0.15, 0.2) is 0 Å². The summed E-state index contributed by atoms with van der Waals surface area (Å²) in [5, 5.41) is 4.28. The minimum Gasteiger partial charge on any atom is -0.748 e. The lowest BCUT2D eigenvalue weighted by Crippen LogP contribution is -2.38. The highest BCUT2D eigenvalue weighted by atomic mass is 32.2. The largest absolute Gasteiger partial charge is 0.748 e. The first-order chi connectivity index (χ1) is 13.4. The summed E-state index contributed by atoms with van der Waals surface area (Å²) < 4.78 is 63.7. The van der Waals surface area contributed by atoms with Crippen LogP contribution in [0.25, 0.3) is 0 Å². The Kier molecular flexibility index (Phi) is 12.4. The summed E-state index contributed by atoms with van der Waals surface area (Å²) in [6.45, 7) is 4.51. The van der Waals surface area contributed by atoms with E-state index in [9.17, 15) is 35.5 Å². The number of amides is 2. The lowest BCUT2D eigenvalue weighted by Gasteiger charge is -2.18. The number of nitrogens with zero attached hydrogens (tertiary/aromatic N) is 1. The fraction of sp³-hybridized carbons (Fsp3) is 0.625. The van der Waals surface area contributed by atoms with Gasteiger partial charge in [0.05, 0.1) is 31.7 Å². The van der Waals surface area contributed by atoms with Crippen molar-refractivity contribution in [2.75, 3.05) is 37.7 Å². The third-order valence-electron chi connectivity index (χ3n) is 3.35. The number of carbonyl (C=O) groups excluding carboxylic acids is 2. The third kappa shape index (κ3) is 14.7. The summed E-state index contributed by atoms with van der Waals surface area (Å²) in [4.78, 5) is 26.4. The van der Waals surface area contributed by atoms with E-state index in [1.165, 1.54) is 12.2 Å². The normalized spacial score (nSPS) is 11.9. The van der Waals surface area contributed by atoms with Crippen LogP contribution in [0.4, 0.5) is 0 Å². The molecular formula is C16H27N3O8S2-2. The molecule has 0 fully saturated rings. The average molecular weight is 454 g/mol. The van der Waals surface area contributed by atoms with Crippen LogP contribution < -0.4 is 10.6 Å². The average Bonchev–Trinajstić information content (AvgIpc) is 2.56. The van der Waals surface area contributed by atoms with Crippen LogP contribution in [0.5, 0.6) is 0 Å². The van der Waals surface area contributed by atoms with Gasteiger partial charge in [-0.3, -0.25) is 9.59 Å². The molecule has 0 bridgehead atoms. The number of hydrogen-bond acceptors (Lipinski definition) is 9. The second kappa shape index (κ2) is 13.3. The monoisotopic (exact) mass is 453 g/mol. The molecule has 2 amide bonds. The summed E-state index contributed by atoms with van der Waals surface area (Å²) >= 11 is 0. The van der Waals surface area contributed by atoms with E-state index < -0.39 is 62.2 Å². The molecule has 0 saturated heterocycles. The molecular weight excluding hydrogens is 426 g/mol. The first-order valence-electron chi connectivity index (χ1n) is 8.95. The van der Waals surface area contributed by atoms with Crippen LogP contribution in [0.2, 0.25) is 0 Å². The van der Waals surface area contributed by atoms with E-state index in [1.54, 1.807) is 6.20 Å². The van der Waals surface area contributed by atoms with Crippen molar-refractivity contribution >= 4 is 32.1 Å². The van der Waals surface area contributed by atoms with Crippen LogP contribution in [-0.2, 0) is 29.8 Å². The van der Waals surface area contributed by atoms with Gasteiger partial charge < -0.3 is 24.6 Å². The summed E-state index contributed by atoms with van der Waals surface area (Å²) in [7, 11) is -9.09. The van der Waals surface area contributed by atoms with Crippen LogP contribution >= 0.6 is 0 Å². The molecule has 0 rings (SSSR count). The number of hydrogen-bond donors (Lipinski definition) is 2. The first kappa shape index (κ1) is 27.0. The fourth-order valence-corrected chi connectivity index (χ4v) is 2.82. The zero-order valence-corrected chi connectivity index (χ0v) is 18.1. The Bertz CT molecular complexity index is 746. The number of nitrogens with one attached hydrogen (secondary N) is 2. The Hall–Kier alpha value is -1.96. The minimum atomic E-state index is -4.54. The molecule has 0 spiro atoms. The zero-order chi connectivity index (χ0) is 22.5. The molecule has 0 aromatic heterocycles. The van der Waals surface area contributed by atoms with Gasteiger partial charge in [-0.1, -0.05) is 13.8 Å². The van der Waals surface area contributed by atoms with Crippen molar-refractivity contribution in [1.29, 1.82) is 0 Å². The van der Waals surface area contributed by atoms with Crippen molar-refractivity contribution in [3.63, 3.8) is 0 Å². The summed E-state index contributed by atoms with van der Waals surface area (Å²) in [6, 6.07) is 0. The molecule has 0 unspecified atom stereocenters. The molecule has 11 nitrogen and oxygen atoms in total. The van der Waals surface area contributed by atoms with Crippen LogP contribution in [0.15, 0.2) is 23.9 Å². The van der Waals surface area contributed by atoms with Crippen molar-refractivity contribution in [2.24, 2.45) is 0 Å². The second-order valence-electron chi connectivity index (χ2n) is 5.99. The predicted octanol–water partition coefficient (Wildman–Crippen LogP) is -1.13. The van der Waals surface area contributed by atoms with E-state index in [0.29, 0.717) is 0 Å². The van der Waals surface area contributed by atoms with Gasteiger partial charge in [-0.15, -0.1) is 0 Å². The maximum absolute atomic E-state index is 12.2. The van der Waals surface area contributed by atoms with Crippen molar-refractivity contribution in [2.45, 2.75) is 26.7 Å². The van der Waals surface area contributed by atoms with Gasteiger partial charge in [0.1, 0.15) is 5.57 Å². The summed E-state index contributed by atoms with van der Waals surface area (Å²) in [5.41, 5.74) is -0.430. The summed E-state index contributed by atoms with van der Waals surface area (Å²) in [5.74, 6) is -3.59. The zero-order valence-electron chi connectivity index (χ0n) is 16.4. The molecule has 0 saturated carbocycles. The minimum absolute atomic E-state index is 0.430. The Morgan fingerprint density at radius 1 is 0.862 bits per heavy atom. The van der Waals surface area contributed by atoms with Gasteiger partial charge in [0, 0.05) is 26.2 Å². The fourth-order valence-electron chi connectivity index (χ4n) is 2.12. The Morgan fingerprint density at radius 2 is 1.28 bits per heavy atom. The Morgan fingerprint density at radius 3 is 1.62 bits per heavy atom. The lowest BCUT2D eigenvalue weighted by atomic mass is 10.2. The Balaban J connectivity index is 5.28. The van der Waals surface area contributed by atoms with Gasteiger partial charge in [-0.25, -0.2) is 16.8 Å². The van der Waals surface area contributed by atoms with E-state index in [1.807, 2.05) is 18.7 Å². The van der Waals surface area contributed by atoms with E-state index in [2.05, 4.69) is 10.6 Å². The van der Waals surface area contributed by atoms with E-state index in [-0.39, 0.29) is 0 Å². The van der Waals surface area contributed by atoms with Gasteiger partial charge in [0.2, 0.25) is 0 Å². The topological polar surface area (TPSA) is 176 Å². The SMILES string of the molecule is CCCN(/C=C/C=C(C(=O)NCCS(=O)(=O)[O-])C(=O)NCCS(=O)(=O)[O-])CCC. The quantitative estimate of drug-likeness (QED) is 0.108. The first-order valence-corrected chi connectivity index (χ1v) is 12.1. The van der Waals surface area contributed by atoms with E-state index in [4.69, 9.17) is 0 Å². The molecule has 0 atom stereocenters. The number of allylic oxidation sites excluding steroid dienone is 2. The molecule has 0 radical (unpaired) electrons. The van der Waals surface area contributed by atoms with E-state index in [0.717, 1.165) is 25.9 Å². The molecule has 29 heavy (non-hydrogen) atoms. The Labute approximate surface area is 171 Å².